The van der Waals surface area contributed by atoms with Gasteiger partial charge >= 0.3 is 5.97 Å². The number of carbonyl (C=O) groups excluding carboxylic acids is 1. The maximum absolute atomic E-state index is 12.2. The van der Waals surface area contributed by atoms with E-state index >= 15 is 0 Å². The topological polar surface area (TPSA) is 82.5 Å². The summed E-state index contributed by atoms with van der Waals surface area (Å²) in [5, 5.41) is 14.7. The number of anilines is 1. The van der Waals surface area contributed by atoms with E-state index in [4.69, 9.17) is 5.11 Å². The Hall–Kier alpha value is -2.25. The SMILES string of the molecule is Cc1nc(-c2cccc(NC(=O)CN(CC(=O)O)C(C)C)c2)cs1. The molecule has 0 spiro atoms. The summed E-state index contributed by atoms with van der Waals surface area (Å²) in [7, 11) is 0. The molecular formula is C17H21N3O3S. The van der Waals surface area contributed by atoms with E-state index in [1.165, 1.54) is 0 Å². The lowest BCUT2D eigenvalue weighted by Gasteiger charge is -2.23. The highest BCUT2D eigenvalue weighted by atomic mass is 32.1. The Morgan fingerprint density at radius 3 is 2.67 bits per heavy atom. The highest BCUT2D eigenvalue weighted by Crippen LogP contribution is 2.24. The molecule has 0 unspecified atom stereocenters. The third-order valence-electron chi connectivity index (χ3n) is 3.48. The van der Waals surface area contributed by atoms with Crippen molar-refractivity contribution < 1.29 is 14.7 Å². The molecule has 0 aliphatic heterocycles. The second kappa shape index (κ2) is 8.03. The Balaban J connectivity index is 2.05. The maximum atomic E-state index is 12.2. The summed E-state index contributed by atoms with van der Waals surface area (Å²) < 4.78 is 0. The Morgan fingerprint density at radius 1 is 1.33 bits per heavy atom. The molecule has 128 valence electrons. The molecule has 24 heavy (non-hydrogen) atoms. The number of rotatable bonds is 7. The zero-order valence-electron chi connectivity index (χ0n) is 13.9. The summed E-state index contributed by atoms with van der Waals surface area (Å²) in [4.78, 5) is 29.1. The zero-order valence-corrected chi connectivity index (χ0v) is 14.8. The van der Waals surface area contributed by atoms with Crippen molar-refractivity contribution in [2.24, 2.45) is 0 Å². The smallest absolute Gasteiger partial charge is 0.317 e. The van der Waals surface area contributed by atoms with Crippen molar-refractivity contribution in [2.45, 2.75) is 26.8 Å². The van der Waals surface area contributed by atoms with Crippen LogP contribution in [0.4, 0.5) is 5.69 Å². The van der Waals surface area contributed by atoms with Crippen LogP contribution in [0.5, 0.6) is 0 Å². The van der Waals surface area contributed by atoms with Crippen LogP contribution in [0.1, 0.15) is 18.9 Å². The summed E-state index contributed by atoms with van der Waals surface area (Å²) >= 11 is 1.58. The number of thiazole rings is 1. The van der Waals surface area contributed by atoms with E-state index in [-0.39, 0.29) is 25.0 Å². The molecule has 2 aromatic rings. The Morgan fingerprint density at radius 2 is 2.08 bits per heavy atom. The van der Waals surface area contributed by atoms with Crippen molar-refractivity contribution in [3.63, 3.8) is 0 Å². The summed E-state index contributed by atoms with van der Waals surface area (Å²) in [6.07, 6.45) is 0. The Bertz CT molecular complexity index is 727. The number of nitrogens with one attached hydrogen (secondary N) is 1. The number of nitrogens with zero attached hydrogens (tertiary/aromatic N) is 2. The van der Waals surface area contributed by atoms with Gasteiger partial charge in [0.25, 0.3) is 0 Å². The highest BCUT2D eigenvalue weighted by molar-refractivity contribution is 7.09. The van der Waals surface area contributed by atoms with Crippen LogP contribution in [0.15, 0.2) is 29.6 Å². The molecule has 2 N–H and O–H groups in total. The molecule has 2 rings (SSSR count). The molecule has 1 aromatic heterocycles. The monoisotopic (exact) mass is 347 g/mol. The standard InChI is InChI=1S/C17H21N3O3S/c1-11(2)20(9-17(22)23)8-16(21)19-14-6-4-5-13(7-14)15-10-24-12(3)18-15/h4-7,10-11H,8-9H2,1-3H3,(H,19,21)(H,22,23). The molecule has 0 bridgehead atoms. The van der Waals surface area contributed by atoms with Crippen LogP contribution in [0.3, 0.4) is 0 Å². The first-order valence-electron chi connectivity index (χ1n) is 7.63. The number of amides is 1. The van der Waals surface area contributed by atoms with E-state index < -0.39 is 5.97 Å². The Kier molecular flexibility index (Phi) is 6.05. The first-order chi connectivity index (χ1) is 11.3. The van der Waals surface area contributed by atoms with Gasteiger partial charge < -0.3 is 10.4 Å². The van der Waals surface area contributed by atoms with Gasteiger partial charge in [-0.1, -0.05) is 12.1 Å². The highest BCUT2D eigenvalue weighted by Gasteiger charge is 2.17. The van der Waals surface area contributed by atoms with Gasteiger partial charge in [-0.3, -0.25) is 14.5 Å². The third kappa shape index (κ3) is 5.14. The van der Waals surface area contributed by atoms with E-state index in [2.05, 4.69) is 10.3 Å². The molecule has 6 nitrogen and oxygen atoms in total. The first kappa shape index (κ1) is 18.1. The van der Waals surface area contributed by atoms with E-state index in [1.54, 1.807) is 22.3 Å². The second-order valence-corrected chi connectivity index (χ2v) is 6.84. The molecule has 0 atom stereocenters. The van der Waals surface area contributed by atoms with Crippen LogP contribution in [0.2, 0.25) is 0 Å². The van der Waals surface area contributed by atoms with Gasteiger partial charge in [-0.05, 0) is 32.9 Å². The lowest BCUT2D eigenvalue weighted by Crippen LogP contribution is -2.41. The molecule has 0 radical (unpaired) electrons. The fourth-order valence-electron chi connectivity index (χ4n) is 2.23. The minimum atomic E-state index is -0.947. The quantitative estimate of drug-likeness (QED) is 0.805. The molecule has 0 saturated carbocycles. The number of aryl methyl sites for hydroxylation is 1. The fourth-order valence-corrected chi connectivity index (χ4v) is 2.85. The number of hydrogen-bond donors (Lipinski definition) is 2. The zero-order chi connectivity index (χ0) is 17.7. The third-order valence-corrected chi connectivity index (χ3v) is 4.25. The maximum Gasteiger partial charge on any atom is 0.317 e. The van der Waals surface area contributed by atoms with E-state index in [0.717, 1.165) is 16.3 Å². The molecule has 0 aliphatic rings. The minimum absolute atomic E-state index is 0.0313. The van der Waals surface area contributed by atoms with Gasteiger partial charge in [0.1, 0.15) is 0 Å². The molecule has 1 amide bonds. The summed E-state index contributed by atoms with van der Waals surface area (Å²) in [6, 6.07) is 7.43. The van der Waals surface area contributed by atoms with Crippen LogP contribution < -0.4 is 5.32 Å². The molecular weight excluding hydrogens is 326 g/mol. The second-order valence-electron chi connectivity index (χ2n) is 5.77. The van der Waals surface area contributed by atoms with Crippen LogP contribution in [0, 0.1) is 6.92 Å². The molecule has 0 saturated heterocycles. The summed E-state index contributed by atoms with van der Waals surface area (Å²) in [5.41, 5.74) is 2.48. The van der Waals surface area contributed by atoms with Gasteiger partial charge in [-0.2, -0.15) is 0 Å². The van der Waals surface area contributed by atoms with Crippen molar-refractivity contribution in [2.75, 3.05) is 18.4 Å². The number of carboxylic acid groups (broad SMARTS) is 1. The lowest BCUT2D eigenvalue weighted by atomic mass is 10.1. The van der Waals surface area contributed by atoms with Crippen molar-refractivity contribution >= 4 is 28.9 Å². The predicted octanol–water partition coefficient (Wildman–Crippen LogP) is 2.85. The van der Waals surface area contributed by atoms with Gasteiger partial charge in [-0.15, -0.1) is 11.3 Å². The van der Waals surface area contributed by atoms with E-state index in [0.29, 0.717) is 5.69 Å². The predicted molar refractivity (Wildman–Crippen MR) is 95.3 cm³/mol. The largest absolute Gasteiger partial charge is 0.480 e. The van der Waals surface area contributed by atoms with Gasteiger partial charge in [-0.25, -0.2) is 4.98 Å². The molecule has 0 aliphatic carbocycles. The number of benzene rings is 1. The summed E-state index contributed by atoms with van der Waals surface area (Å²) in [5.74, 6) is -1.19. The minimum Gasteiger partial charge on any atom is -0.480 e. The van der Waals surface area contributed by atoms with Gasteiger partial charge in [0, 0.05) is 22.7 Å². The van der Waals surface area contributed by atoms with Crippen molar-refractivity contribution in [1.29, 1.82) is 0 Å². The number of aromatic nitrogens is 1. The van der Waals surface area contributed by atoms with Crippen LogP contribution in [-0.2, 0) is 9.59 Å². The Labute approximate surface area is 145 Å². The van der Waals surface area contributed by atoms with Crippen LogP contribution >= 0.6 is 11.3 Å². The average molecular weight is 347 g/mol. The number of aliphatic carboxylic acids is 1. The van der Waals surface area contributed by atoms with E-state index in [1.807, 2.05) is 44.4 Å². The molecule has 1 aromatic carbocycles. The van der Waals surface area contributed by atoms with Crippen molar-refractivity contribution in [3.8, 4) is 11.3 Å². The number of hydrogen-bond acceptors (Lipinski definition) is 5. The van der Waals surface area contributed by atoms with Gasteiger partial charge in [0.2, 0.25) is 5.91 Å². The number of carbonyl (C=O) groups is 2. The molecule has 0 fully saturated rings. The van der Waals surface area contributed by atoms with Gasteiger partial charge in [0.15, 0.2) is 0 Å². The van der Waals surface area contributed by atoms with Crippen LogP contribution in [-0.4, -0.2) is 46.0 Å². The normalized spacial score (nSPS) is 11.0. The fraction of sp³-hybridized carbons (Fsp3) is 0.353. The first-order valence-corrected chi connectivity index (χ1v) is 8.51. The number of carboxylic acids is 1. The summed E-state index contributed by atoms with van der Waals surface area (Å²) in [6.45, 7) is 5.54. The molecule has 7 heteroatoms. The molecule has 1 heterocycles. The average Bonchev–Trinajstić information content (AvgIpc) is 2.93. The van der Waals surface area contributed by atoms with E-state index in [9.17, 15) is 9.59 Å². The van der Waals surface area contributed by atoms with Gasteiger partial charge in [0.05, 0.1) is 23.8 Å². The van der Waals surface area contributed by atoms with Crippen LogP contribution in [0.25, 0.3) is 11.3 Å². The van der Waals surface area contributed by atoms with Crippen molar-refractivity contribution in [1.82, 2.24) is 9.88 Å². The van der Waals surface area contributed by atoms with Crippen molar-refractivity contribution in [3.05, 3.63) is 34.7 Å². The lowest BCUT2D eigenvalue weighted by molar-refractivity contribution is -0.139.